The van der Waals surface area contributed by atoms with E-state index in [1.165, 1.54) is 42.6 Å². The number of nitrogens with zero attached hydrogens (tertiary/aromatic N) is 1. The maximum atomic E-state index is 13.0. The number of amides is 2. The number of hydrogen-bond acceptors (Lipinski definition) is 5. The van der Waals surface area contributed by atoms with Gasteiger partial charge in [0.05, 0.1) is 17.3 Å². The highest BCUT2D eigenvalue weighted by Gasteiger charge is 2.31. The van der Waals surface area contributed by atoms with Crippen LogP contribution >= 0.6 is 11.6 Å². The minimum absolute atomic E-state index is 0.0386. The van der Waals surface area contributed by atoms with Crippen LogP contribution in [0.25, 0.3) is 0 Å². The molecule has 0 heterocycles. The summed E-state index contributed by atoms with van der Waals surface area (Å²) >= 11 is 6.02. The number of nitrogens with one attached hydrogen (secondary N) is 2. The van der Waals surface area contributed by atoms with E-state index in [0.717, 1.165) is 12.1 Å². The average molecular weight is 566 g/mol. The molecule has 2 N–H and O–H groups in total. The van der Waals surface area contributed by atoms with Crippen LogP contribution < -0.4 is 15.5 Å². The molecular weight excluding hydrogens is 547 g/mol. The first kappa shape index (κ1) is 28.1. The molecule has 0 aliphatic carbocycles. The Morgan fingerprint density at radius 3 is 2.15 bits per heavy atom. The van der Waals surface area contributed by atoms with E-state index in [2.05, 4.69) is 15.8 Å². The highest BCUT2D eigenvalue weighted by atomic mass is 35.5. The largest absolute Gasteiger partial charge is 0.422 e. The topological polar surface area (TPSA) is 96.9 Å². The number of hydrazone groups is 1. The number of halogens is 4. The van der Waals surface area contributed by atoms with Crippen LogP contribution in [0.1, 0.15) is 42.2 Å². The van der Waals surface area contributed by atoms with Gasteiger partial charge in [-0.2, -0.15) is 18.3 Å². The summed E-state index contributed by atoms with van der Waals surface area (Å²) in [5.41, 5.74) is 2.44. The van der Waals surface area contributed by atoms with E-state index in [1.807, 2.05) is 0 Å². The molecular formula is C29H19ClF3N3O4. The lowest BCUT2D eigenvalue weighted by molar-refractivity contribution is -0.137. The monoisotopic (exact) mass is 565 g/mol. The number of esters is 1. The highest BCUT2D eigenvalue weighted by Crippen LogP contribution is 2.30. The zero-order valence-corrected chi connectivity index (χ0v) is 21.2. The molecule has 0 saturated carbocycles. The Labute approximate surface area is 231 Å². The second-order valence-corrected chi connectivity index (χ2v) is 8.68. The van der Waals surface area contributed by atoms with Gasteiger partial charge in [-0.25, -0.2) is 10.2 Å². The van der Waals surface area contributed by atoms with Crippen molar-refractivity contribution in [2.75, 3.05) is 5.32 Å². The molecule has 0 saturated heterocycles. The van der Waals surface area contributed by atoms with Gasteiger partial charge < -0.3 is 10.1 Å². The Hall–Kier alpha value is -4.96. The molecule has 0 unspecified atom stereocenters. The Kier molecular flexibility index (Phi) is 8.60. The molecule has 0 bridgehead atoms. The third-order valence-corrected chi connectivity index (χ3v) is 5.65. The molecule has 0 aliphatic rings. The van der Waals surface area contributed by atoms with Crippen molar-refractivity contribution < 1.29 is 32.3 Å². The first-order valence-corrected chi connectivity index (χ1v) is 12.0. The molecule has 7 nitrogen and oxygen atoms in total. The molecule has 0 atom stereocenters. The second kappa shape index (κ2) is 12.3. The molecule has 11 heteroatoms. The summed E-state index contributed by atoms with van der Waals surface area (Å²) in [7, 11) is 0. The van der Waals surface area contributed by atoms with E-state index in [4.69, 9.17) is 16.3 Å². The van der Waals surface area contributed by atoms with Gasteiger partial charge in [0.2, 0.25) is 0 Å². The Morgan fingerprint density at radius 2 is 1.45 bits per heavy atom. The van der Waals surface area contributed by atoms with Crippen molar-refractivity contribution in [3.8, 4) is 5.75 Å². The standard InChI is InChI=1S/C29H19ClF3N3O4/c30-23-11-14-25(40-28(39)20-7-4-8-22(15-20)29(31,32)33)21(16-23)17-34-36-27(38)19-9-12-24(13-10-19)35-26(37)18-5-2-1-3-6-18/h1-17H,(H,35,37)(H,36,38)/b34-17+. The van der Waals surface area contributed by atoms with Crippen molar-refractivity contribution in [3.05, 3.63) is 130 Å². The van der Waals surface area contributed by atoms with E-state index in [0.29, 0.717) is 17.3 Å². The molecule has 202 valence electrons. The van der Waals surface area contributed by atoms with Crippen molar-refractivity contribution in [1.29, 1.82) is 0 Å². The van der Waals surface area contributed by atoms with Crippen LogP contribution in [-0.2, 0) is 6.18 Å². The normalized spacial score (nSPS) is 11.2. The lowest BCUT2D eigenvalue weighted by Gasteiger charge is -2.10. The van der Waals surface area contributed by atoms with E-state index in [-0.39, 0.29) is 33.4 Å². The maximum Gasteiger partial charge on any atom is 0.416 e. The number of benzene rings is 4. The van der Waals surface area contributed by atoms with Crippen LogP contribution in [-0.4, -0.2) is 24.0 Å². The van der Waals surface area contributed by atoms with Crippen LogP contribution in [0.15, 0.2) is 102 Å². The average Bonchev–Trinajstić information content (AvgIpc) is 2.94. The minimum atomic E-state index is -4.62. The first-order valence-electron chi connectivity index (χ1n) is 11.6. The summed E-state index contributed by atoms with van der Waals surface area (Å²) in [5, 5.41) is 6.86. The Balaban J connectivity index is 1.40. The predicted octanol–water partition coefficient (Wildman–Crippen LogP) is 6.59. The van der Waals surface area contributed by atoms with Gasteiger partial charge in [-0.05, 0) is 72.8 Å². The molecule has 2 amide bonds. The van der Waals surface area contributed by atoms with Gasteiger partial charge in [0.15, 0.2) is 0 Å². The Morgan fingerprint density at radius 1 is 0.775 bits per heavy atom. The maximum absolute atomic E-state index is 13.0. The lowest BCUT2D eigenvalue weighted by atomic mass is 10.1. The third-order valence-electron chi connectivity index (χ3n) is 5.41. The number of hydrogen-bond donors (Lipinski definition) is 2. The predicted molar refractivity (Wildman–Crippen MR) is 144 cm³/mol. The van der Waals surface area contributed by atoms with Gasteiger partial charge >= 0.3 is 12.1 Å². The van der Waals surface area contributed by atoms with Crippen LogP contribution in [0.4, 0.5) is 18.9 Å². The molecule has 4 rings (SSSR count). The summed E-state index contributed by atoms with van der Waals surface area (Å²) in [6, 6.07) is 22.7. The van der Waals surface area contributed by atoms with E-state index < -0.39 is 23.6 Å². The van der Waals surface area contributed by atoms with E-state index in [9.17, 15) is 27.6 Å². The highest BCUT2D eigenvalue weighted by molar-refractivity contribution is 6.31. The van der Waals surface area contributed by atoms with Crippen LogP contribution in [0.2, 0.25) is 5.02 Å². The third kappa shape index (κ3) is 7.33. The van der Waals surface area contributed by atoms with Gasteiger partial charge in [-0.3, -0.25) is 9.59 Å². The van der Waals surface area contributed by atoms with Gasteiger partial charge in [0.1, 0.15) is 5.75 Å². The molecule has 0 aromatic heterocycles. The van der Waals surface area contributed by atoms with Crippen molar-refractivity contribution in [2.24, 2.45) is 5.10 Å². The summed E-state index contributed by atoms with van der Waals surface area (Å²) < 4.78 is 44.2. The fourth-order valence-electron chi connectivity index (χ4n) is 3.42. The number of carbonyl (C=O) groups excluding carboxylic acids is 3. The molecule has 0 fully saturated rings. The number of rotatable bonds is 7. The SMILES string of the molecule is O=C(N/N=C/c1cc(Cl)ccc1OC(=O)c1cccc(C(F)(F)F)c1)c1ccc(NC(=O)c2ccccc2)cc1. The van der Waals surface area contributed by atoms with Crippen LogP contribution in [0.3, 0.4) is 0 Å². The fraction of sp³-hybridized carbons (Fsp3) is 0.0345. The molecule has 40 heavy (non-hydrogen) atoms. The van der Waals surface area contributed by atoms with Crippen molar-refractivity contribution >= 4 is 41.3 Å². The van der Waals surface area contributed by atoms with Crippen LogP contribution in [0, 0.1) is 0 Å². The quantitative estimate of drug-likeness (QED) is 0.114. The summed E-state index contributed by atoms with van der Waals surface area (Å²) in [4.78, 5) is 37.3. The minimum Gasteiger partial charge on any atom is -0.422 e. The second-order valence-electron chi connectivity index (χ2n) is 8.25. The number of anilines is 1. The summed E-state index contributed by atoms with van der Waals surface area (Å²) in [6.45, 7) is 0. The van der Waals surface area contributed by atoms with Crippen molar-refractivity contribution in [1.82, 2.24) is 5.43 Å². The molecule has 0 radical (unpaired) electrons. The molecule has 4 aromatic rings. The van der Waals surface area contributed by atoms with Gasteiger partial charge in [-0.1, -0.05) is 35.9 Å². The Bertz CT molecular complexity index is 1570. The molecule has 0 spiro atoms. The van der Waals surface area contributed by atoms with Crippen molar-refractivity contribution in [2.45, 2.75) is 6.18 Å². The number of carbonyl (C=O) groups is 3. The lowest BCUT2D eigenvalue weighted by Crippen LogP contribution is -2.18. The smallest absolute Gasteiger partial charge is 0.416 e. The summed E-state index contributed by atoms with van der Waals surface area (Å²) in [5.74, 6) is -1.93. The van der Waals surface area contributed by atoms with Crippen molar-refractivity contribution in [3.63, 3.8) is 0 Å². The van der Waals surface area contributed by atoms with Gasteiger partial charge in [0, 0.05) is 27.4 Å². The summed E-state index contributed by atoms with van der Waals surface area (Å²) in [6.07, 6.45) is -3.45. The van der Waals surface area contributed by atoms with E-state index in [1.54, 1.807) is 42.5 Å². The molecule has 4 aromatic carbocycles. The molecule has 0 aliphatic heterocycles. The van der Waals surface area contributed by atoms with Gasteiger partial charge in [-0.15, -0.1) is 0 Å². The van der Waals surface area contributed by atoms with Gasteiger partial charge in [0.25, 0.3) is 11.8 Å². The zero-order chi connectivity index (χ0) is 28.7. The first-order chi connectivity index (χ1) is 19.1. The zero-order valence-electron chi connectivity index (χ0n) is 20.4. The van der Waals surface area contributed by atoms with Crippen LogP contribution in [0.5, 0.6) is 5.75 Å². The number of alkyl halides is 3. The number of ether oxygens (including phenoxy) is 1. The van der Waals surface area contributed by atoms with E-state index >= 15 is 0 Å². The fourth-order valence-corrected chi connectivity index (χ4v) is 3.60.